The molecule has 3 aromatic rings. The summed E-state index contributed by atoms with van der Waals surface area (Å²) in [6, 6.07) is 10.4. The maximum Gasteiger partial charge on any atom is 0.408 e. The third-order valence-corrected chi connectivity index (χ3v) is 11.4. The van der Waals surface area contributed by atoms with Crippen LogP contribution < -0.4 is 29.6 Å². The van der Waals surface area contributed by atoms with E-state index in [1.165, 1.54) is 14.0 Å². The average molecular weight is 754 g/mol. The maximum atomic E-state index is 14.1. The number of hydrogen-bond donors (Lipinski definition) is 3. The van der Waals surface area contributed by atoms with Gasteiger partial charge >= 0.3 is 12.1 Å². The molecule has 0 radical (unpaired) electrons. The van der Waals surface area contributed by atoms with E-state index in [2.05, 4.69) is 26.5 Å². The van der Waals surface area contributed by atoms with Gasteiger partial charge in [-0.15, -0.1) is 0 Å². The normalized spacial score (nSPS) is 22.7. The Labute approximate surface area is 320 Å². The van der Waals surface area contributed by atoms with Crippen molar-refractivity contribution in [1.29, 1.82) is 5.26 Å². The lowest BCUT2D eigenvalue weighted by molar-refractivity contribution is -0.132. The number of alkyl carbamates (subject to hydrolysis) is 1. The lowest BCUT2D eigenvalue weighted by Gasteiger charge is -2.60. The molecule has 3 aromatic carbocycles. The van der Waals surface area contributed by atoms with Gasteiger partial charge in [0.2, 0.25) is 12.7 Å². The van der Waals surface area contributed by atoms with Crippen molar-refractivity contribution < 1.29 is 43.2 Å². The van der Waals surface area contributed by atoms with Crippen molar-refractivity contribution in [3.63, 3.8) is 0 Å². The van der Waals surface area contributed by atoms with Crippen LogP contribution in [0.5, 0.6) is 28.7 Å². The van der Waals surface area contributed by atoms with Gasteiger partial charge in [0.25, 0.3) is 0 Å². The van der Waals surface area contributed by atoms with E-state index in [4.69, 9.17) is 23.7 Å². The lowest BCUT2D eigenvalue weighted by atomic mass is 9.71. The second kappa shape index (κ2) is 15.0. The Hall–Kier alpha value is -5.52. The molecular weight excluding hydrogens is 706 g/mol. The number of likely N-dealkylation sites (N-methyl/N-ethyl adjacent to an activating group) is 1. The number of esters is 1. The van der Waals surface area contributed by atoms with Crippen molar-refractivity contribution in [2.24, 2.45) is 5.92 Å². The molecule has 1 fully saturated rings. The quantitative estimate of drug-likeness (QED) is 0.207. The molecule has 3 N–H and O–H groups in total. The van der Waals surface area contributed by atoms with Crippen LogP contribution in [0.3, 0.4) is 0 Å². The summed E-state index contributed by atoms with van der Waals surface area (Å²) in [7, 11) is 3.49. The molecule has 4 aliphatic heterocycles. The van der Waals surface area contributed by atoms with E-state index in [0.29, 0.717) is 58.1 Å². The van der Waals surface area contributed by atoms with Crippen LogP contribution in [-0.4, -0.2) is 84.5 Å². The molecule has 0 spiro atoms. The minimum absolute atomic E-state index is 0.00204. The van der Waals surface area contributed by atoms with E-state index in [0.717, 1.165) is 16.7 Å². The Kier molecular flexibility index (Phi) is 10.3. The molecular formula is C41H47N5O9. The average Bonchev–Trinajstić information content (AvgIpc) is 3.64. The van der Waals surface area contributed by atoms with Gasteiger partial charge in [-0.05, 0) is 56.3 Å². The molecule has 1 saturated heterocycles. The minimum Gasteiger partial charge on any atom is -0.504 e. The molecule has 7 rings (SSSR count). The number of nitriles is 1. The number of ether oxygens (including phenoxy) is 5. The van der Waals surface area contributed by atoms with Crippen LogP contribution in [0.4, 0.5) is 4.79 Å². The number of phenolic OH excluding ortho intramolecular Hbond substituents is 1. The van der Waals surface area contributed by atoms with Crippen molar-refractivity contribution >= 4 is 18.0 Å². The van der Waals surface area contributed by atoms with E-state index in [1.54, 1.807) is 0 Å². The zero-order chi connectivity index (χ0) is 39.3. The summed E-state index contributed by atoms with van der Waals surface area (Å²) in [6.07, 6.45) is 0.0763. The number of nitrogens with zero attached hydrogens (tertiary/aromatic N) is 3. The van der Waals surface area contributed by atoms with Crippen molar-refractivity contribution in [3.05, 3.63) is 75.3 Å². The summed E-state index contributed by atoms with van der Waals surface area (Å²) in [5, 5.41) is 28.6. The smallest absolute Gasteiger partial charge is 0.408 e. The van der Waals surface area contributed by atoms with Gasteiger partial charge in [-0.25, -0.2) is 4.79 Å². The predicted molar refractivity (Wildman–Crippen MR) is 199 cm³/mol. The SMILES string of the molecule is COc1c(C)cc2c(c1O)[C@H]1C3Cc4c(OC(C)=O)c(C)c5c(c4[C@H](CNC(=O)[C@@H](NC(=O)OCc4ccccc4)C(C)C)N3[C@@H](C#N)[C@H](C2)N1C)OCO5. The Balaban J connectivity index is 1.30. The van der Waals surface area contributed by atoms with Gasteiger partial charge in [-0.3, -0.25) is 19.4 Å². The molecule has 0 saturated carbocycles. The van der Waals surface area contributed by atoms with Crippen LogP contribution in [0.1, 0.15) is 71.8 Å². The summed E-state index contributed by atoms with van der Waals surface area (Å²) in [4.78, 5) is 43.9. The molecule has 0 aliphatic carbocycles. The van der Waals surface area contributed by atoms with Crippen LogP contribution >= 0.6 is 0 Å². The molecule has 14 heteroatoms. The first-order valence-electron chi connectivity index (χ1n) is 18.5. The van der Waals surface area contributed by atoms with E-state index < -0.39 is 48.2 Å². The summed E-state index contributed by atoms with van der Waals surface area (Å²) in [5.74, 6) is 0.401. The molecule has 2 bridgehead atoms. The number of amides is 2. The van der Waals surface area contributed by atoms with Gasteiger partial charge in [-0.2, -0.15) is 5.26 Å². The lowest BCUT2D eigenvalue weighted by Crippen LogP contribution is -2.69. The zero-order valence-corrected chi connectivity index (χ0v) is 32.1. The highest BCUT2D eigenvalue weighted by Crippen LogP contribution is 2.58. The highest BCUT2D eigenvalue weighted by atomic mass is 16.7. The molecule has 14 nitrogen and oxygen atoms in total. The number of nitrogens with one attached hydrogen (secondary N) is 2. The maximum absolute atomic E-state index is 14.1. The van der Waals surface area contributed by atoms with Crippen LogP contribution in [0, 0.1) is 31.1 Å². The van der Waals surface area contributed by atoms with Gasteiger partial charge in [0, 0.05) is 47.8 Å². The number of hydrogen-bond acceptors (Lipinski definition) is 12. The van der Waals surface area contributed by atoms with Crippen LogP contribution in [0.2, 0.25) is 0 Å². The first-order valence-corrected chi connectivity index (χ1v) is 18.5. The standard InChI is InChI=1S/C41H47N5O9/c1-20(2)33(44-41(50)52-18-24-11-9-8-10-12-24)40(49)43-17-30-32-26(37(55-23(5)47)22(4)38-39(32)54-19-53-38)15-28-34-31-25(13-21(3)36(51-7)35(31)48)14-27(45(34)6)29(16-42)46(28)30/h8-13,20,27-30,33-34,48H,14-15,17-19H2,1-7H3,(H,43,49)(H,44,50)/t27-,28?,29-,30-,33-,34+/m0/s1. The molecule has 290 valence electrons. The van der Waals surface area contributed by atoms with E-state index in [-0.39, 0.29) is 37.7 Å². The Morgan fingerprint density at radius 1 is 1.05 bits per heavy atom. The summed E-state index contributed by atoms with van der Waals surface area (Å²) in [5.41, 5.74) is 5.18. The number of piperazine rings is 1. The summed E-state index contributed by atoms with van der Waals surface area (Å²) >= 11 is 0. The van der Waals surface area contributed by atoms with E-state index in [9.17, 15) is 24.8 Å². The number of methoxy groups -OCH3 is 1. The zero-order valence-electron chi connectivity index (χ0n) is 32.1. The van der Waals surface area contributed by atoms with Gasteiger partial charge in [0.1, 0.15) is 24.4 Å². The largest absolute Gasteiger partial charge is 0.504 e. The second-order valence-electron chi connectivity index (χ2n) is 15.0. The highest BCUT2D eigenvalue weighted by molar-refractivity contribution is 5.86. The van der Waals surface area contributed by atoms with Crippen molar-refractivity contribution in [2.45, 2.75) is 90.3 Å². The van der Waals surface area contributed by atoms with Crippen molar-refractivity contribution in [2.75, 3.05) is 27.5 Å². The fourth-order valence-corrected chi connectivity index (χ4v) is 9.04. The van der Waals surface area contributed by atoms with Crippen molar-refractivity contribution in [3.8, 4) is 34.8 Å². The van der Waals surface area contributed by atoms with Gasteiger partial charge < -0.3 is 39.4 Å². The van der Waals surface area contributed by atoms with Crippen LogP contribution in [0.25, 0.3) is 0 Å². The number of phenols is 1. The topological polar surface area (TPSA) is 172 Å². The molecule has 6 atom stereocenters. The van der Waals surface area contributed by atoms with Crippen LogP contribution in [0.15, 0.2) is 36.4 Å². The van der Waals surface area contributed by atoms with E-state index in [1.807, 2.05) is 71.1 Å². The molecule has 0 aromatic heterocycles. The molecule has 4 aliphatic rings. The first-order chi connectivity index (χ1) is 26.4. The number of aromatic hydroxyl groups is 1. The number of carbonyl (C=O) groups is 3. The van der Waals surface area contributed by atoms with Crippen LogP contribution in [-0.2, 0) is 33.8 Å². The monoisotopic (exact) mass is 753 g/mol. The fourth-order valence-electron chi connectivity index (χ4n) is 9.04. The first kappa shape index (κ1) is 37.8. The number of fused-ring (bicyclic) bond motifs is 9. The number of carbonyl (C=O) groups excluding carboxylic acids is 3. The fraction of sp³-hybridized carbons (Fsp3) is 0.463. The Morgan fingerprint density at radius 2 is 1.78 bits per heavy atom. The molecule has 2 amide bonds. The minimum atomic E-state index is -0.944. The number of rotatable bonds is 9. The number of benzene rings is 3. The Bertz CT molecular complexity index is 2070. The molecule has 4 heterocycles. The van der Waals surface area contributed by atoms with Gasteiger partial charge in [0.05, 0.1) is 25.3 Å². The molecule has 55 heavy (non-hydrogen) atoms. The summed E-state index contributed by atoms with van der Waals surface area (Å²) < 4.78 is 29.1. The second-order valence-corrected chi connectivity index (χ2v) is 15.0. The van der Waals surface area contributed by atoms with E-state index >= 15 is 0 Å². The third kappa shape index (κ3) is 6.55. The summed E-state index contributed by atoms with van der Waals surface area (Å²) in [6.45, 7) is 8.67. The molecule has 1 unspecified atom stereocenters. The van der Waals surface area contributed by atoms with Gasteiger partial charge in [-0.1, -0.05) is 50.2 Å². The van der Waals surface area contributed by atoms with Gasteiger partial charge in [0.15, 0.2) is 23.0 Å². The highest BCUT2D eigenvalue weighted by Gasteiger charge is 2.57. The Morgan fingerprint density at radius 3 is 2.45 bits per heavy atom. The van der Waals surface area contributed by atoms with Crippen molar-refractivity contribution in [1.82, 2.24) is 20.4 Å². The third-order valence-electron chi connectivity index (χ3n) is 11.4. The number of aryl methyl sites for hydroxylation is 1. The predicted octanol–water partition coefficient (Wildman–Crippen LogP) is 4.51.